The van der Waals surface area contributed by atoms with Crippen LogP contribution in [0.15, 0.2) is 24.8 Å². The molecule has 0 aromatic heterocycles. The van der Waals surface area contributed by atoms with Crippen LogP contribution >= 0.6 is 0 Å². The fourth-order valence-electron chi connectivity index (χ4n) is 0.356. The van der Waals surface area contributed by atoms with Gasteiger partial charge in [-0.1, -0.05) is 20.1 Å². The number of hydrogen-bond acceptors (Lipinski definition) is 4. The van der Waals surface area contributed by atoms with Crippen molar-refractivity contribution in [2.24, 2.45) is 0 Å². The molecule has 0 saturated heterocycles. The molecule has 15 heavy (non-hydrogen) atoms. The summed E-state index contributed by atoms with van der Waals surface area (Å²) in [5, 5.41) is 16.2. The van der Waals surface area contributed by atoms with E-state index in [1.807, 2.05) is 0 Å². The lowest BCUT2D eigenvalue weighted by atomic mass is 10.2. The number of carboxylic acids is 1. The van der Waals surface area contributed by atoms with Gasteiger partial charge in [0.15, 0.2) is 0 Å². The number of ether oxygens (including phenoxy) is 1. The predicted molar refractivity (Wildman–Crippen MR) is 55.3 cm³/mol. The van der Waals surface area contributed by atoms with Crippen LogP contribution in [0.25, 0.3) is 0 Å². The Hall–Kier alpha value is -1.62. The van der Waals surface area contributed by atoms with E-state index in [9.17, 15) is 9.59 Å². The van der Waals surface area contributed by atoms with Crippen molar-refractivity contribution in [3.63, 3.8) is 0 Å². The topological polar surface area (TPSA) is 83.8 Å². The molecule has 0 aliphatic heterocycles. The normalized spacial score (nSPS) is 8.13. The summed E-state index contributed by atoms with van der Waals surface area (Å²) in [7, 11) is 0. The zero-order valence-corrected chi connectivity index (χ0v) is 8.73. The number of aliphatic carboxylic acids is 1. The Morgan fingerprint density at radius 3 is 2.20 bits per heavy atom. The molecule has 0 fully saturated rings. The first kappa shape index (κ1) is 15.8. The molecule has 5 nitrogen and oxygen atoms in total. The molecule has 5 heteroatoms. The number of hydrogen-bond donors (Lipinski definition) is 2. The highest BCUT2D eigenvalue weighted by Crippen LogP contribution is 1.93. The maximum Gasteiger partial charge on any atom is 0.330 e. The minimum Gasteiger partial charge on any atom is -0.478 e. The van der Waals surface area contributed by atoms with Crippen molar-refractivity contribution >= 4 is 11.9 Å². The Morgan fingerprint density at radius 2 is 2.00 bits per heavy atom. The van der Waals surface area contributed by atoms with Crippen LogP contribution in [0.4, 0.5) is 0 Å². The predicted octanol–water partition coefficient (Wildman–Crippen LogP) is 0.745. The Bertz CT molecular complexity index is 232. The van der Waals surface area contributed by atoms with Gasteiger partial charge in [-0.15, -0.1) is 0 Å². The lowest BCUT2D eigenvalue weighted by Gasteiger charge is -1.94. The first-order valence-electron chi connectivity index (χ1n) is 4.30. The summed E-state index contributed by atoms with van der Waals surface area (Å²) in [5.74, 6) is -1.40. The zero-order chi connectivity index (χ0) is 12.3. The summed E-state index contributed by atoms with van der Waals surface area (Å²) >= 11 is 0. The van der Waals surface area contributed by atoms with E-state index in [1.165, 1.54) is 0 Å². The van der Waals surface area contributed by atoms with Gasteiger partial charge in [0, 0.05) is 11.6 Å². The molecule has 0 atom stereocenters. The van der Waals surface area contributed by atoms with Crippen molar-refractivity contribution < 1.29 is 24.5 Å². The first-order chi connectivity index (χ1) is 6.99. The number of aliphatic hydroxyl groups is 1. The van der Waals surface area contributed by atoms with Crippen LogP contribution in [0.1, 0.15) is 13.3 Å². The van der Waals surface area contributed by atoms with Crippen molar-refractivity contribution in [2.75, 3.05) is 13.2 Å². The van der Waals surface area contributed by atoms with E-state index in [-0.39, 0.29) is 18.8 Å². The van der Waals surface area contributed by atoms with Gasteiger partial charge < -0.3 is 14.9 Å². The summed E-state index contributed by atoms with van der Waals surface area (Å²) in [6.45, 7) is 8.10. The van der Waals surface area contributed by atoms with Gasteiger partial charge in [-0.25, -0.2) is 9.59 Å². The smallest absolute Gasteiger partial charge is 0.330 e. The Morgan fingerprint density at radius 1 is 1.47 bits per heavy atom. The van der Waals surface area contributed by atoms with Gasteiger partial charge in [-0.05, 0) is 6.42 Å². The quantitative estimate of drug-likeness (QED) is 0.523. The molecule has 0 aromatic carbocycles. The van der Waals surface area contributed by atoms with E-state index in [4.69, 9.17) is 10.2 Å². The van der Waals surface area contributed by atoms with E-state index in [1.54, 1.807) is 6.92 Å². The van der Waals surface area contributed by atoms with E-state index >= 15 is 0 Å². The molecule has 0 bridgehead atoms. The number of rotatable bonds is 5. The summed E-state index contributed by atoms with van der Waals surface area (Å²) in [5.41, 5.74) is 0.264. The summed E-state index contributed by atoms with van der Waals surface area (Å²) < 4.78 is 4.33. The van der Waals surface area contributed by atoms with Crippen molar-refractivity contribution in [3.8, 4) is 0 Å². The molecule has 0 unspecified atom stereocenters. The fourth-order valence-corrected chi connectivity index (χ4v) is 0.356. The molecule has 0 aliphatic carbocycles. The zero-order valence-electron chi connectivity index (χ0n) is 8.73. The Kier molecular flexibility index (Phi) is 11.0. The van der Waals surface area contributed by atoms with Crippen LogP contribution in [0, 0.1) is 0 Å². The molecular formula is C10H16O5. The number of carbonyl (C=O) groups is 2. The molecule has 0 rings (SSSR count). The Labute approximate surface area is 88.7 Å². The highest BCUT2D eigenvalue weighted by Gasteiger charge is 1.96. The maximum atomic E-state index is 10.1. The summed E-state index contributed by atoms with van der Waals surface area (Å²) in [6, 6.07) is 0. The number of carboxylic acid groups (broad SMARTS) is 1. The second kappa shape index (κ2) is 10.5. The molecule has 86 valence electrons. The van der Waals surface area contributed by atoms with Crippen LogP contribution in [0.2, 0.25) is 0 Å². The van der Waals surface area contributed by atoms with Gasteiger partial charge in [0.2, 0.25) is 0 Å². The molecule has 0 radical (unpaired) electrons. The maximum absolute atomic E-state index is 10.1. The van der Waals surface area contributed by atoms with Crippen LogP contribution < -0.4 is 0 Å². The van der Waals surface area contributed by atoms with E-state index < -0.39 is 11.9 Å². The molecule has 0 saturated carbocycles. The average molecular weight is 216 g/mol. The first-order valence-corrected chi connectivity index (χ1v) is 4.30. The molecule has 0 aromatic rings. The highest BCUT2D eigenvalue weighted by atomic mass is 16.5. The molecule has 0 heterocycles. The number of esters is 1. The van der Waals surface area contributed by atoms with Crippen LogP contribution in [-0.4, -0.2) is 35.4 Å². The third-order valence-corrected chi connectivity index (χ3v) is 1.23. The van der Waals surface area contributed by atoms with E-state index in [2.05, 4.69) is 17.9 Å². The SMILES string of the molecule is C=C(CC)C(=O)O.C=CC(=O)OCCO. The number of carbonyl (C=O) groups excluding carboxylic acids is 1. The van der Waals surface area contributed by atoms with Gasteiger partial charge >= 0.3 is 11.9 Å². The van der Waals surface area contributed by atoms with E-state index in [0.29, 0.717) is 6.42 Å². The second-order valence-corrected chi connectivity index (χ2v) is 2.36. The van der Waals surface area contributed by atoms with Crippen LogP contribution in [-0.2, 0) is 14.3 Å². The Balaban J connectivity index is 0. The van der Waals surface area contributed by atoms with Crippen molar-refractivity contribution in [2.45, 2.75) is 13.3 Å². The molecule has 0 spiro atoms. The minimum absolute atomic E-state index is 0.0465. The molecule has 2 N–H and O–H groups in total. The van der Waals surface area contributed by atoms with Gasteiger partial charge in [-0.3, -0.25) is 0 Å². The molecule has 0 amide bonds. The van der Waals surface area contributed by atoms with Crippen LogP contribution in [0.3, 0.4) is 0 Å². The largest absolute Gasteiger partial charge is 0.478 e. The lowest BCUT2D eigenvalue weighted by Crippen LogP contribution is -2.04. The summed E-state index contributed by atoms with van der Waals surface area (Å²) in [6.07, 6.45) is 1.57. The number of aliphatic hydroxyl groups excluding tert-OH is 1. The van der Waals surface area contributed by atoms with Gasteiger partial charge in [0.25, 0.3) is 0 Å². The van der Waals surface area contributed by atoms with E-state index in [0.717, 1.165) is 6.08 Å². The highest BCUT2D eigenvalue weighted by molar-refractivity contribution is 5.85. The fraction of sp³-hybridized carbons (Fsp3) is 0.400. The standard InChI is InChI=1S/C5H8O3.C5H8O2/c1-2-5(7)8-4-3-6;1-3-4(2)5(6)7/h2,6H,1,3-4H2;2-3H2,1H3,(H,6,7). The van der Waals surface area contributed by atoms with Crippen molar-refractivity contribution in [1.82, 2.24) is 0 Å². The van der Waals surface area contributed by atoms with Gasteiger partial charge in [-0.2, -0.15) is 0 Å². The summed E-state index contributed by atoms with van der Waals surface area (Å²) in [4.78, 5) is 20.0. The third-order valence-electron chi connectivity index (χ3n) is 1.23. The molecular weight excluding hydrogens is 200 g/mol. The van der Waals surface area contributed by atoms with Crippen LogP contribution in [0.5, 0.6) is 0 Å². The monoisotopic (exact) mass is 216 g/mol. The van der Waals surface area contributed by atoms with Crippen molar-refractivity contribution in [3.05, 3.63) is 24.8 Å². The van der Waals surface area contributed by atoms with Gasteiger partial charge in [0.05, 0.1) is 6.61 Å². The van der Waals surface area contributed by atoms with Gasteiger partial charge in [0.1, 0.15) is 6.61 Å². The average Bonchev–Trinajstić information content (AvgIpc) is 2.25. The van der Waals surface area contributed by atoms with Crippen molar-refractivity contribution in [1.29, 1.82) is 0 Å². The lowest BCUT2D eigenvalue weighted by molar-refractivity contribution is -0.138. The molecule has 0 aliphatic rings. The minimum atomic E-state index is -0.900. The third kappa shape index (κ3) is 12.4. The second-order valence-electron chi connectivity index (χ2n) is 2.36.